The lowest BCUT2D eigenvalue weighted by Crippen LogP contribution is -2.61. The lowest BCUT2D eigenvalue weighted by Gasteiger charge is -2.45. The van der Waals surface area contributed by atoms with E-state index in [4.69, 9.17) is 0 Å². The first-order valence-electron chi connectivity index (χ1n) is 40.2. The quantitative estimate of drug-likeness (QED) is 0.127. The highest BCUT2D eigenvalue weighted by molar-refractivity contribution is 7.00. The van der Waals surface area contributed by atoms with Gasteiger partial charge in [0.15, 0.2) is 0 Å². The largest absolute Gasteiger partial charge is 0.311 e. The predicted octanol–water partition coefficient (Wildman–Crippen LogP) is 27.3. The van der Waals surface area contributed by atoms with Crippen LogP contribution in [-0.4, -0.2) is 20.4 Å². The van der Waals surface area contributed by atoms with Crippen molar-refractivity contribution in [1.29, 1.82) is 0 Å². The molecule has 19 aromatic rings. The van der Waals surface area contributed by atoms with Gasteiger partial charge >= 0.3 is 0 Å². The minimum Gasteiger partial charge on any atom is -0.311 e. The summed E-state index contributed by atoms with van der Waals surface area (Å²) >= 11 is 0. The molecule has 2 aliphatic heterocycles. The average molecular weight is 1460 g/mol. The molecule has 0 saturated carbocycles. The SMILES string of the molecule is CC(C)(C)c1cc(-c2ccc3c(c2)N(c2cc(-c4ccccc4)cc(-c4ccccc4)c2)c2cc(-n4c5ccccc5c5cc(-n6c7ccccc7c7ccccc76)ccc54)cc4c2B3c2ccc(-n3c5ccccc5c5ccccc53)cc2N4c2c(-c3ccccc3)cc(C(C)(C)C)cc2-c2ccccc2)cc(C(C)(C)C)c1. The third-order valence-corrected chi connectivity index (χ3v) is 24.4. The highest BCUT2D eigenvalue weighted by Crippen LogP contribution is 2.54. The average Bonchev–Trinajstić information content (AvgIpc) is 0.729. The fraction of sp³-hybridized carbons (Fsp3) is 0.111. The maximum absolute atomic E-state index is 2.73. The van der Waals surface area contributed by atoms with E-state index < -0.39 is 0 Å². The standard InChI is InChI=1S/C108H86BN5/c1-106(2,3)77-57-76(58-78(62-77)107(4,5)6)73-50-53-92-100(61-73)113(82-59-74(69-32-14-10-15-33-69)56-75(60-82)70-34-16-11-17-35-70)102-67-83(112-98-49-31-26-44-88(98)91-65-80(52-55-99(91)112)110-94-45-27-22-40-84(94)85-41-23-28-46-95(85)110)68-103-104(102)109(92)93-54-51-81(111-96-47-29-24-42-86(96)87-43-25-30-48-97(87)111)66-101(93)114(103)105-89(71-36-18-12-19-37-71)63-79(108(7,8)9)64-90(105)72-38-20-13-21-39-72/h10-68H,1-9H3. The van der Waals surface area contributed by atoms with Crippen molar-refractivity contribution in [2.24, 2.45) is 0 Å². The van der Waals surface area contributed by atoms with Crippen LogP contribution in [0.1, 0.15) is 79.0 Å². The monoisotopic (exact) mass is 1460 g/mol. The van der Waals surface area contributed by atoms with Crippen molar-refractivity contribution in [2.45, 2.75) is 78.6 Å². The number of anilines is 6. The lowest BCUT2D eigenvalue weighted by molar-refractivity contribution is 0.569. The van der Waals surface area contributed by atoms with Gasteiger partial charge in [-0.05, 0) is 203 Å². The van der Waals surface area contributed by atoms with Gasteiger partial charge in [0, 0.05) is 83.3 Å². The summed E-state index contributed by atoms with van der Waals surface area (Å²) in [6, 6.07) is 136. The molecule has 0 N–H and O–H groups in total. The number of fused-ring (bicyclic) bond motifs is 13. The minimum absolute atomic E-state index is 0.114. The van der Waals surface area contributed by atoms with Gasteiger partial charge in [-0.25, -0.2) is 0 Å². The molecule has 16 aromatic carbocycles. The Morgan fingerprint density at radius 2 is 0.553 bits per heavy atom. The minimum atomic E-state index is -0.277. The molecule has 0 saturated heterocycles. The molecule has 0 unspecified atom stereocenters. The van der Waals surface area contributed by atoms with Crippen LogP contribution in [0.2, 0.25) is 0 Å². The van der Waals surface area contributed by atoms with Crippen LogP contribution >= 0.6 is 0 Å². The molecule has 5 nitrogen and oxygen atoms in total. The molecule has 0 spiro atoms. The van der Waals surface area contributed by atoms with Crippen LogP contribution in [0.5, 0.6) is 0 Å². The Balaban J connectivity index is 0.944. The second kappa shape index (κ2) is 26.1. The van der Waals surface area contributed by atoms with Gasteiger partial charge in [-0.15, -0.1) is 0 Å². The molecule has 0 bridgehead atoms. The summed E-state index contributed by atoms with van der Waals surface area (Å²) in [5, 5.41) is 7.26. The molecular formula is C108H86BN5. The molecule has 0 atom stereocenters. The number of aromatic nitrogens is 3. The van der Waals surface area contributed by atoms with E-state index in [1.807, 2.05) is 0 Å². The van der Waals surface area contributed by atoms with Crippen molar-refractivity contribution in [1.82, 2.24) is 13.7 Å². The van der Waals surface area contributed by atoms with Gasteiger partial charge in [0.1, 0.15) is 0 Å². The lowest BCUT2D eigenvalue weighted by atomic mass is 9.33. The third kappa shape index (κ3) is 11.1. The molecule has 114 heavy (non-hydrogen) atoms. The van der Waals surface area contributed by atoms with Crippen LogP contribution in [0.25, 0.3) is 138 Å². The summed E-state index contributed by atoms with van der Waals surface area (Å²) in [5.74, 6) is 0. The summed E-state index contributed by atoms with van der Waals surface area (Å²) in [5.41, 5.74) is 35.4. The normalized spacial score (nSPS) is 12.9. The van der Waals surface area contributed by atoms with E-state index in [1.54, 1.807) is 0 Å². The van der Waals surface area contributed by atoms with Crippen molar-refractivity contribution >= 4 is 123 Å². The highest BCUT2D eigenvalue weighted by atomic mass is 15.2. The van der Waals surface area contributed by atoms with Crippen molar-refractivity contribution in [2.75, 3.05) is 9.80 Å². The van der Waals surface area contributed by atoms with E-state index in [9.17, 15) is 0 Å². The van der Waals surface area contributed by atoms with Crippen LogP contribution in [-0.2, 0) is 16.2 Å². The second-order valence-corrected chi connectivity index (χ2v) is 34.5. The van der Waals surface area contributed by atoms with Crippen molar-refractivity contribution < 1.29 is 0 Å². The molecule has 21 rings (SSSR count). The number of nitrogens with zero attached hydrogens (tertiary/aromatic N) is 5. The van der Waals surface area contributed by atoms with Crippen LogP contribution in [0, 0.1) is 0 Å². The zero-order chi connectivity index (χ0) is 77.0. The summed E-state index contributed by atoms with van der Waals surface area (Å²) in [7, 11) is 0. The van der Waals surface area contributed by atoms with Crippen molar-refractivity contribution in [3.05, 3.63) is 375 Å². The molecule has 0 radical (unpaired) electrons. The van der Waals surface area contributed by atoms with E-state index in [2.05, 4.69) is 444 Å². The Bertz CT molecular complexity index is 6840. The predicted molar refractivity (Wildman–Crippen MR) is 487 cm³/mol. The van der Waals surface area contributed by atoms with Crippen LogP contribution in [0.3, 0.4) is 0 Å². The van der Waals surface area contributed by atoms with Gasteiger partial charge in [-0.2, -0.15) is 0 Å². The summed E-state index contributed by atoms with van der Waals surface area (Å²) in [6.07, 6.45) is 0. The van der Waals surface area contributed by atoms with Crippen LogP contribution in [0.4, 0.5) is 34.1 Å². The number of rotatable bonds is 10. The first-order chi connectivity index (χ1) is 55.4. The van der Waals surface area contributed by atoms with Gasteiger partial charge < -0.3 is 23.5 Å². The van der Waals surface area contributed by atoms with E-state index >= 15 is 0 Å². The fourth-order valence-corrected chi connectivity index (χ4v) is 18.7. The van der Waals surface area contributed by atoms with Crippen molar-refractivity contribution in [3.63, 3.8) is 0 Å². The van der Waals surface area contributed by atoms with Gasteiger partial charge in [-0.3, -0.25) is 0 Å². The first-order valence-corrected chi connectivity index (χ1v) is 40.2. The molecule has 6 heteroatoms. The fourth-order valence-electron chi connectivity index (χ4n) is 18.7. The molecule has 0 aliphatic carbocycles. The summed E-state index contributed by atoms with van der Waals surface area (Å²) in [6.45, 7) is 20.9. The van der Waals surface area contributed by atoms with E-state index in [1.165, 1.54) is 82.0 Å². The number of hydrogen-bond donors (Lipinski definition) is 0. The zero-order valence-corrected chi connectivity index (χ0v) is 65.9. The summed E-state index contributed by atoms with van der Waals surface area (Å²) in [4.78, 5) is 5.41. The third-order valence-electron chi connectivity index (χ3n) is 24.4. The van der Waals surface area contributed by atoms with Gasteiger partial charge in [0.25, 0.3) is 6.71 Å². The maximum Gasteiger partial charge on any atom is 0.252 e. The number of hydrogen-bond acceptors (Lipinski definition) is 2. The van der Waals surface area contributed by atoms with Gasteiger partial charge in [0.05, 0.1) is 44.5 Å². The molecule has 0 fully saturated rings. The van der Waals surface area contributed by atoms with E-state index in [0.29, 0.717) is 0 Å². The molecule has 5 heterocycles. The zero-order valence-electron chi connectivity index (χ0n) is 65.9. The smallest absolute Gasteiger partial charge is 0.252 e. The Kier molecular flexibility index (Phi) is 15.7. The number of benzene rings is 16. The Morgan fingerprint density at radius 1 is 0.211 bits per heavy atom. The molecular weight excluding hydrogens is 1380 g/mol. The van der Waals surface area contributed by atoms with Gasteiger partial charge in [0.2, 0.25) is 0 Å². The Labute approximate surface area is 667 Å². The Hall–Kier alpha value is -13.4. The molecule has 2 aliphatic rings. The van der Waals surface area contributed by atoms with Gasteiger partial charge in [-0.1, -0.05) is 311 Å². The van der Waals surface area contributed by atoms with E-state index in [0.717, 1.165) is 123 Å². The number of para-hydroxylation sites is 5. The first kappa shape index (κ1) is 68.6. The molecule has 546 valence electrons. The topological polar surface area (TPSA) is 21.3 Å². The molecule has 3 aromatic heterocycles. The summed E-state index contributed by atoms with van der Waals surface area (Å²) < 4.78 is 7.55. The van der Waals surface area contributed by atoms with E-state index in [-0.39, 0.29) is 23.0 Å². The maximum atomic E-state index is 2.73. The van der Waals surface area contributed by atoms with Crippen LogP contribution < -0.4 is 26.2 Å². The second-order valence-electron chi connectivity index (χ2n) is 34.5. The Morgan fingerprint density at radius 3 is 1.01 bits per heavy atom. The van der Waals surface area contributed by atoms with Crippen LogP contribution in [0.15, 0.2) is 358 Å². The molecule has 0 amide bonds. The highest BCUT2D eigenvalue weighted by Gasteiger charge is 2.46. The van der Waals surface area contributed by atoms with Crippen molar-refractivity contribution in [3.8, 4) is 72.7 Å².